The van der Waals surface area contributed by atoms with E-state index in [4.69, 9.17) is 9.47 Å². The average molecular weight is 463 g/mol. The normalized spacial score (nSPS) is 15.0. The third-order valence-corrected chi connectivity index (χ3v) is 4.84. The van der Waals surface area contributed by atoms with Crippen molar-refractivity contribution in [2.45, 2.75) is 20.5 Å². The van der Waals surface area contributed by atoms with Gasteiger partial charge in [-0.3, -0.25) is 9.69 Å². The van der Waals surface area contributed by atoms with E-state index in [9.17, 15) is 14.0 Å². The topological polar surface area (TPSA) is 67.9 Å². The highest BCUT2D eigenvalue weighted by molar-refractivity contribution is 9.10. The maximum Gasteiger partial charge on any atom is 0.328 e. The fourth-order valence-corrected chi connectivity index (χ4v) is 3.44. The van der Waals surface area contributed by atoms with Crippen molar-refractivity contribution in [1.29, 1.82) is 0 Å². The predicted octanol–water partition coefficient (Wildman–Crippen LogP) is 4.48. The number of carbonyl (C=O) groups is 2. The summed E-state index contributed by atoms with van der Waals surface area (Å²) in [5, 5.41) is 2.56. The van der Waals surface area contributed by atoms with E-state index in [0.717, 1.165) is 4.90 Å². The van der Waals surface area contributed by atoms with Crippen molar-refractivity contribution >= 4 is 33.9 Å². The van der Waals surface area contributed by atoms with Crippen molar-refractivity contribution in [3.8, 4) is 11.5 Å². The van der Waals surface area contributed by atoms with Crippen LogP contribution in [0, 0.1) is 5.82 Å². The summed E-state index contributed by atoms with van der Waals surface area (Å²) in [6.07, 6.45) is 1.57. The molecular weight excluding hydrogens is 443 g/mol. The Morgan fingerprint density at radius 2 is 1.93 bits per heavy atom. The first kappa shape index (κ1) is 20.9. The van der Waals surface area contributed by atoms with Crippen molar-refractivity contribution in [3.63, 3.8) is 0 Å². The quantitative estimate of drug-likeness (QED) is 0.486. The summed E-state index contributed by atoms with van der Waals surface area (Å²) in [4.78, 5) is 25.2. The Labute approximate surface area is 176 Å². The van der Waals surface area contributed by atoms with Gasteiger partial charge in [0.2, 0.25) is 0 Å². The summed E-state index contributed by atoms with van der Waals surface area (Å²) < 4.78 is 25.9. The maximum absolute atomic E-state index is 13.9. The van der Waals surface area contributed by atoms with Crippen molar-refractivity contribution in [3.05, 3.63) is 63.5 Å². The predicted molar refractivity (Wildman–Crippen MR) is 110 cm³/mol. The molecule has 1 aliphatic rings. The first-order valence-electron chi connectivity index (χ1n) is 9.11. The van der Waals surface area contributed by atoms with Crippen LogP contribution < -0.4 is 14.8 Å². The summed E-state index contributed by atoms with van der Waals surface area (Å²) >= 11 is 3.45. The summed E-state index contributed by atoms with van der Waals surface area (Å²) in [5.74, 6) is 0.133. The minimum Gasteiger partial charge on any atom is -0.490 e. The largest absolute Gasteiger partial charge is 0.490 e. The number of amides is 3. The van der Waals surface area contributed by atoms with Gasteiger partial charge in [-0.05, 0) is 59.6 Å². The second kappa shape index (κ2) is 9.09. The molecule has 0 atom stereocenters. The van der Waals surface area contributed by atoms with Crippen LogP contribution in [0.3, 0.4) is 0 Å². The van der Waals surface area contributed by atoms with Crippen molar-refractivity contribution in [1.82, 2.24) is 10.2 Å². The molecule has 152 valence electrons. The highest BCUT2D eigenvalue weighted by atomic mass is 79.9. The molecular formula is C21H20BrFN2O4. The molecule has 0 bridgehead atoms. The molecule has 1 saturated heterocycles. The van der Waals surface area contributed by atoms with E-state index < -0.39 is 6.03 Å². The lowest BCUT2D eigenvalue weighted by atomic mass is 10.1. The number of nitrogens with one attached hydrogen (secondary N) is 1. The number of halogens is 2. The number of nitrogens with zero attached hydrogens (tertiary/aromatic N) is 1. The zero-order valence-electron chi connectivity index (χ0n) is 16.0. The SMILES string of the molecule is CCOc1cc(/C=C2/NC(=O)N(CC)C2=O)cc(Br)c1OCc1ccccc1F. The zero-order valence-corrected chi connectivity index (χ0v) is 17.6. The summed E-state index contributed by atoms with van der Waals surface area (Å²) in [6, 6.07) is 9.37. The van der Waals surface area contributed by atoms with Crippen LogP contribution in [0.5, 0.6) is 11.5 Å². The molecule has 1 N–H and O–H groups in total. The fraction of sp³-hybridized carbons (Fsp3) is 0.238. The van der Waals surface area contributed by atoms with E-state index in [1.165, 1.54) is 6.07 Å². The standard InChI is InChI=1S/C21H20BrFN2O4/c1-3-25-20(26)17(24-21(25)27)10-13-9-15(22)19(18(11-13)28-4-2)29-12-14-7-5-6-8-16(14)23/h5-11H,3-4,12H2,1-2H3,(H,24,27)/b17-10+. The van der Waals surface area contributed by atoms with Crippen LogP contribution in [-0.4, -0.2) is 30.0 Å². The van der Waals surface area contributed by atoms with E-state index in [-0.39, 0.29) is 24.0 Å². The van der Waals surface area contributed by atoms with Crippen LogP contribution in [0.4, 0.5) is 9.18 Å². The van der Waals surface area contributed by atoms with Crippen LogP contribution in [-0.2, 0) is 11.4 Å². The Morgan fingerprint density at radius 3 is 2.59 bits per heavy atom. The number of hydrogen-bond donors (Lipinski definition) is 1. The average Bonchev–Trinajstić information content (AvgIpc) is 2.95. The molecule has 29 heavy (non-hydrogen) atoms. The molecule has 0 saturated carbocycles. The zero-order chi connectivity index (χ0) is 21.0. The van der Waals surface area contributed by atoms with Gasteiger partial charge in [-0.25, -0.2) is 9.18 Å². The number of benzene rings is 2. The molecule has 1 aliphatic heterocycles. The smallest absolute Gasteiger partial charge is 0.328 e. The van der Waals surface area contributed by atoms with Gasteiger partial charge in [0.1, 0.15) is 18.1 Å². The highest BCUT2D eigenvalue weighted by Gasteiger charge is 2.32. The molecule has 0 radical (unpaired) electrons. The first-order chi connectivity index (χ1) is 13.9. The Hall–Kier alpha value is -2.87. The minimum absolute atomic E-state index is 0.0335. The third-order valence-electron chi connectivity index (χ3n) is 4.25. The lowest BCUT2D eigenvalue weighted by Gasteiger charge is -2.15. The number of carbonyl (C=O) groups excluding carboxylic acids is 2. The van der Waals surface area contributed by atoms with E-state index in [1.54, 1.807) is 43.3 Å². The van der Waals surface area contributed by atoms with Crippen LogP contribution >= 0.6 is 15.9 Å². The number of urea groups is 1. The van der Waals surface area contributed by atoms with Crippen LogP contribution in [0.1, 0.15) is 25.0 Å². The second-order valence-corrected chi connectivity index (χ2v) is 7.03. The summed E-state index contributed by atoms with van der Waals surface area (Å²) in [7, 11) is 0. The molecule has 1 fully saturated rings. The van der Waals surface area contributed by atoms with Gasteiger partial charge < -0.3 is 14.8 Å². The molecule has 2 aromatic rings. The molecule has 0 spiro atoms. The molecule has 1 heterocycles. The third kappa shape index (κ3) is 4.59. The van der Waals surface area contributed by atoms with Crippen LogP contribution in [0.2, 0.25) is 0 Å². The number of ether oxygens (including phenoxy) is 2. The Morgan fingerprint density at radius 1 is 1.17 bits per heavy atom. The monoisotopic (exact) mass is 462 g/mol. The van der Waals surface area contributed by atoms with E-state index in [1.807, 2.05) is 6.92 Å². The number of likely N-dealkylation sites (N-methyl/N-ethyl adjacent to an activating group) is 1. The Kier molecular flexibility index (Phi) is 6.53. The molecule has 6 nitrogen and oxygen atoms in total. The molecule has 0 aromatic heterocycles. The van der Waals surface area contributed by atoms with Gasteiger partial charge in [-0.1, -0.05) is 18.2 Å². The second-order valence-electron chi connectivity index (χ2n) is 6.18. The van der Waals surface area contributed by atoms with Gasteiger partial charge in [0, 0.05) is 12.1 Å². The maximum atomic E-state index is 13.9. The van der Waals surface area contributed by atoms with Crippen molar-refractivity contribution in [2.24, 2.45) is 0 Å². The minimum atomic E-state index is -0.447. The van der Waals surface area contributed by atoms with Gasteiger partial charge in [-0.2, -0.15) is 0 Å². The number of imide groups is 1. The molecule has 8 heteroatoms. The van der Waals surface area contributed by atoms with E-state index in [2.05, 4.69) is 21.2 Å². The van der Waals surface area contributed by atoms with Crippen molar-refractivity contribution < 1.29 is 23.5 Å². The van der Waals surface area contributed by atoms with E-state index >= 15 is 0 Å². The Balaban J connectivity index is 1.89. The molecule has 2 aromatic carbocycles. The fourth-order valence-electron chi connectivity index (χ4n) is 2.87. The highest BCUT2D eigenvalue weighted by Crippen LogP contribution is 2.38. The first-order valence-corrected chi connectivity index (χ1v) is 9.91. The van der Waals surface area contributed by atoms with Gasteiger partial charge in [0.05, 0.1) is 11.1 Å². The molecule has 0 unspecified atom stereocenters. The summed E-state index contributed by atoms with van der Waals surface area (Å²) in [6.45, 7) is 4.28. The van der Waals surface area contributed by atoms with Gasteiger partial charge >= 0.3 is 6.03 Å². The lowest BCUT2D eigenvalue weighted by molar-refractivity contribution is -0.122. The molecule has 3 rings (SSSR count). The summed E-state index contributed by atoms with van der Waals surface area (Å²) in [5.41, 5.74) is 1.25. The van der Waals surface area contributed by atoms with E-state index in [0.29, 0.717) is 40.3 Å². The van der Waals surface area contributed by atoms with Gasteiger partial charge in [0.15, 0.2) is 11.5 Å². The number of hydrogen-bond acceptors (Lipinski definition) is 4. The number of rotatable bonds is 7. The van der Waals surface area contributed by atoms with Gasteiger partial charge in [-0.15, -0.1) is 0 Å². The van der Waals surface area contributed by atoms with Gasteiger partial charge in [0.25, 0.3) is 5.91 Å². The Bertz CT molecular complexity index is 977. The lowest BCUT2D eigenvalue weighted by Crippen LogP contribution is -2.30. The molecule has 0 aliphatic carbocycles. The van der Waals surface area contributed by atoms with Crippen LogP contribution in [0.15, 0.2) is 46.6 Å². The van der Waals surface area contributed by atoms with Crippen LogP contribution in [0.25, 0.3) is 6.08 Å². The van der Waals surface area contributed by atoms with Crippen molar-refractivity contribution in [2.75, 3.05) is 13.2 Å². The molecule has 3 amide bonds.